The standard InChI is InChI=1S/C17H19NO2S/c1-21-17-11-16-15(19-7-8-20-16)10-13(17)9-14(18)12-5-3-2-4-6-12/h2-6,10-11,14H,7-9,18H2,1H3. The predicted molar refractivity (Wildman–Crippen MR) is 86.3 cm³/mol. The molecule has 3 nitrogen and oxygen atoms in total. The minimum absolute atomic E-state index is 0.0142. The summed E-state index contributed by atoms with van der Waals surface area (Å²) in [7, 11) is 0. The smallest absolute Gasteiger partial charge is 0.162 e. The first-order chi connectivity index (χ1) is 10.3. The van der Waals surface area contributed by atoms with Gasteiger partial charge in [0.1, 0.15) is 13.2 Å². The summed E-state index contributed by atoms with van der Waals surface area (Å²) < 4.78 is 11.3. The molecular weight excluding hydrogens is 282 g/mol. The SMILES string of the molecule is CSc1cc2c(cc1CC(N)c1ccccc1)OCCO2. The first kappa shape index (κ1) is 14.3. The van der Waals surface area contributed by atoms with Gasteiger partial charge in [-0.15, -0.1) is 11.8 Å². The number of benzene rings is 2. The fourth-order valence-corrected chi connectivity index (χ4v) is 3.15. The Labute approximate surface area is 129 Å². The Hall–Kier alpha value is -1.65. The van der Waals surface area contributed by atoms with Crippen LogP contribution in [0.5, 0.6) is 11.5 Å². The zero-order valence-electron chi connectivity index (χ0n) is 12.0. The molecule has 0 fully saturated rings. The maximum atomic E-state index is 6.35. The number of hydrogen-bond acceptors (Lipinski definition) is 4. The lowest BCUT2D eigenvalue weighted by Crippen LogP contribution is -2.17. The van der Waals surface area contributed by atoms with E-state index in [4.69, 9.17) is 15.2 Å². The van der Waals surface area contributed by atoms with Crippen LogP contribution in [-0.2, 0) is 6.42 Å². The zero-order chi connectivity index (χ0) is 14.7. The number of hydrogen-bond donors (Lipinski definition) is 1. The lowest BCUT2D eigenvalue weighted by molar-refractivity contribution is 0.171. The minimum atomic E-state index is -0.0142. The van der Waals surface area contributed by atoms with Crippen molar-refractivity contribution in [2.75, 3.05) is 19.5 Å². The van der Waals surface area contributed by atoms with Crippen LogP contribution >= 0.6 is 11.8 Å². The van der Waals surface area contributed by atoms with Crippen molar-refractivity contribution in [2.45, 2.75) is 17.4 Å². The Bertz CT molecular complexity index is 616. The molecule has 110 valence electrons. The van der Waals surface area contributed by atoms with E-state index in [2.05, 4.69) is 30.5 Å². The first-order valence-corrected chi connectivity index (χ1v) is 8.27. The second-order valence-corrected chi connectivity index (χ2v) is 5.88. The summed E-state index contributed by atoms with van der Waals surface area (Å²) in [5.41, 5.74) is 8.71. The van der Waals surface area contributed by atoms with Gasteiger partial charge in [-0.25, -0.2) is 0 Å². The first-order valence-electron chi connectivity index (χ1n) is 7.05. The van der Waals surface area contributed by atoms with Crippen molar-refractivity contribution in [3.05, 3.63) is 53.6 Å². The fraction of sp³-hybridized carbons (Fsp3) is 0.294. The van der Waals surface area contributed by atoms with E-state index in [0.29, 0.717) is 13.2 Å². The average molecular weight is 301 g/mol. The van der Waals surface area contributed by atoms with Crippen LogP contribution in [0.25, 0.3) is 0 Å². The molecule has 1 unspecified atom stereocenters. The Balaban J connectivity index is 1.87. The average Bonchev–Trinajstić information content (AvgIpc) is 2.55. The van der Waals surface area contributed by atoms with Crippen molar-refractivity contribution in [1.29, 1.82) is 0 Å². The van der Waals surface area contributed by atoms with Crippen LogP contribution < -0.4 is 15.2 Å². The second kappa shape index (κ2) is 6.41. The van der Waals surface area contributed by atoms with Gasteiger partial charge in [0.2, 0.25) is 0 Å². The van der Waals surface area contributed by atoms with Gasteiger partial charge in [-0.3, -0.25) is 0 Å². The summed E-state index contributed by atoms with van der Waals surface area (Å²) in [6.45, 7) is 1.22. The maximum absolute atomic E-state index is 6.35. The zero-order valence-corrected chi connectivity index (χ0v) is 12.9. The van der Waals surface area contributed by atoms with Crippen LogP contribution in [0.3, 0.4) is 0 Å². The quantitative estimate of drug-likeness (QED) is 0.879. The molecule has 0 aromatic heterocycles. The van der Waals surface area contributed by atoms with E-state index >= 15 is 0 Å². The van der Waals surface area contributed by atoms with Crippen LogP contribution in [0, 0.1) is 0 Å². The minimum Gasteiger partial charge on any atom is -0.486 e. The van der Waals surface area contributed by atoms with Gasteiger partial charge >= 0.3 is 0 Å². The molecule has 0 bridgehead atoms. The van der Waals surface area contributed by atoms with Crippen LogP contribution in [0.1, 0.15) is 17.2 Å². The predicted octanol–water partition coefficient (Wildman–Crippen LogP) is 3.42. The third-order valence-electron chi connectivity index (χ3n) is 3.61. The molecule has 2 aromatic rings. The fourth-order valence-electron chi connectivity index (χ4n) is 2.52. The van der Waals surface area contributed by atoms with Gasteiger partial charge in [-0.2, -0.15) is 0 Å². The van der Waals surface area contributed by atoms with Gasteiger partial charge in [-0.1, -0.05) is 30.3 Å². The van der Waals surface area contributed by atoms with Gasteiger partial charge in [0.05, 0.1) is 0 Å². The van der Waals surface area contributed by atoms with Crippen molar-refractivity contribution >= 4 is 11.8 Å². The molecule has 2 aromatic carbocycles. The highest BCUT2D eigenvalue weighted by molar-refractivity contribution is 7.98. The lowest BCUT2D eigenvalue weighted by atomic mass is 9.99. The van der Waals surface area contributed by atoms with E-state index in [1.807, 2.05) is 18.2 Å². The molecule has 1 atom stereocenters. The summed E-state index contributed by atoms with van der Waals surface area (Å²) >= 11 is 1.71. The largest absolute Gasteiger partial charge is 0.486 e. The van der Waals surface area contributed by atoms with Crippen molar-refractivity contribution in [1.82, 2.24) is 0 Å². The normalized spacial score (nSPS) is 14.8. The van der Waals surface area contributed by atoms with E-state index < -0.39 is 0 Å². The van der Waals surface area contributed by atoms with Crippen LogP contribution in [0.15, 0.2) is 47.4 Å². The molecule has 0 saturated carbocycles. The van der Waals surface area contributed by atoms with E-state index in [1.54, 1.807) is 11.8 Å². The summed E-state index contributed by atoms with van der Waals surface area (Å²) in [4.78, 5) is 1.20. The van der Waals surface area contributed by atoms with Crippen LogP contribution in [0.4, 0.5) is 0 Å². The summed E-state index contributed by atoms with van der Waals surface area (Å²) in [6.07, 6.45) is 2.86. The van der Waals surface area contributed by atoms with Crippen molar-refractivity contribution in [3.8, 4) is 11.5 Å². The molecule has 0 saturated heterocycles. The Morgan fingerprint density at radius 2 is 1.76 bits per heavy atom. The molecule has 0 spiro atoms. The van der Waals surface area contributed by atoms with Gasteiger partial charge in [0.25, 0.3) is 0 Å². The monoisotopic (exact) mass is 301 g/mol. The topological polar surface area (TPSA) is 44.5 Å². The van der Waals surface area contributed by atoms with Crippen molar-refractivity contribution in [2.24, 2.45) is 5.73 Å². The van der Waals surface area contributed by atoms with Gasteiger partial charge < -0.3 is 15.2 Å². The number of rotatable bonds is 4. The maximum Gasteiger partial charge on any atom is 0.162 e. The Morgan fingerprint density at radius 1 is 1.10 bits per heavy atom. The van der Waals surface area contributed by atoms with Gasteiger partial charge in [-0.05, 0) is 35.9 Å². The number of nitrogens with two attached hydrogens (primary N) is 1. The van der Waals surface area contributed by atoms with E-state index in [-0.39, 0.29) is 6.04 Å². The molecule has 1 heterocycles. The molecule has 0 aliphatic carbocycles. The lowest BCUT2D eigenvalue weighted by Gasteiger charge is -2.22. The van der Waals surface area contributed by atoms with Crippen molar-refractivity contribution in [3.63, 3.8) is 0 Å². The Morgan fingerprint density at radius 3 is 2.43 bits per heavy atom. The second-order valence-electron chi connectivity index (χ2n) is 5.03. The number of ether oxygens (including phenoxy) is 2. The van der Waals surface area contributed by atoms with Crippen LogP contribution in [0.2, 0.25) is 0 Å². The van der Waals surface area contributed by atoms with Gasteiger partial charge in [0, 0.05) is 10.9 Å². The summed E-state index contributed by atoms with van der Waals surface area (Å²) in [6, 6.07) is 14.3. The summed E-state index contributed by atoms with van der Waals surface area (Å²) in [5, 5.41) is 0. The molecule has 2 N–H and O–H groups in total. The Kier molecular flexibility index (Phi) is 4.36. The van der Waals surface area contributed by atoms with E-state index in [0.717, 1.165) is 23.5 Å². The molecule has 21 heavy (non-hydrogen) atoms. The third-order valence-corrected chi connectivity index (χ3v) is 4.43. The van der Waals surface area contributed by atoms with E-state index in [9.17, 15) is 0 Å². The highest BCUT2D eigenvalue weighted by atomic mass is 32.2. The number of thioether (sulfide) groups is 1. The van der Waals surface area contributed by atoms with E-state index in [1.165, 1.54) is 10.5 Å². The molecule has 1 aliphatic rings. The molecule has 3 rings (SSSR count). The molecular formula is C17H19NO2S. The summed E-state index contributed by atoms with van der Waals surface area (Å²) in [5.74, 6) is 1.66. The highest BCUT2D eigenvalue weighted by Crippen LogP contribution is 2.37. The third kappa shape index (κ3) is 3.17. The molecule has 1 aliphatic heterocycles. The molecule has 4 heteroatoms. The molecule has 0 amide bonds. The number of fused-ring (bicyclic) bond motifs is 1. The molecule has 0 radical (unpaired) electrons. The highest BCUT2D eigenvalue weighted by Gasteiger charge is 2.17. The van der Waals surface area contributed by atoms with Crippen molar-refractivity contribution < 1.29 is 9.47 Å². The van der Waals surface area contributed by atoms with Gasteiger partial charge in [0.15, 0.2) is 11.5 Å². The van der Waals surface area contributed by atoms with Crippen LogP contribution in [-0.4, -0.2) is 19.5 Å².